The van der Waals surface area contributed by atoms with Gasteiger partial charge in [0.05, 0.1) is 7.11 Å². The van der Waals surface area contributed by atoms with Gasteiger partial charge in [-0.25, -0.2) is 0 Å². The number of methoxy groups -OCH3 is 1. The van der Waals surface area contributed by atoms with Crippen molar-refractivity contribution in [3.63, 3.8) is 0 Å². The van der Waals surface area contributed by atoms with Crippen LogP contribution < -0.4 is 15.4 Å². The van der Waals surface area contributed by atoms with E-state index in [1.807, 2.05) is 0 Å². The van der Waals surface area contributed by atoms with Crippen molar-refractivity contribution in [3.8, 4) is 5.75 Å². The summed E-state index contributed by atoms with van der Waals surface area (Å²) in [6.45, 7) is 2.85. The summed E-state index contributed by atoms with van der Waals surface area (Å²) in [5.41, 5.74) is 0.757. The monoisotopic (exact) mass is 289 g/mol. The number of aliphatic hydroxyl groups excluding tert-OH is 1. The number of nitrogens with one attached hydrogen (secondary N) is 2. The van der Waals surface area contributed by atoms with Crippen molar-refractivity contribution in [3.05, 3.63) is 35.6 Å². The summed E-state index contributed by atoms with van der Waals surface area (Å²) in [4.78, 5) is 16.6. The maximum absolute atomic E-state index is 12.4. The summed E-state index contributed by atoms with van der Waals surface area (Å²) in [5, 5.41) is 15.6. The van der Waals surface area contributed by atoms with Gasteiger partial charge in [-0.15, -0.1) is 0 Å². The van der Waals surface area contributed by atoms with E-state index in [4.69, 9.17) is 4.74 Å². The van der Waals surface area contributed by atoms with Crippen LogP contribution in [0.15, 0.2) is 40.6 Å². The topological polar surface area (TPSA) is 83.0 Å². The van der Waals surface area contributed by atoms with Gasteiger partial charge in [-0.1, -0.05) is 6.07 Å². The van der Waals surface area contributed by atoms with Crippen LogP contribution in [0.2, 0.25) is 0 Å². The Bertz CT molecular complexity index is 590. The van der Waals surface area contributed by atoms with Crippen molar-refractivity contribution in [1.29, 1.82) is 0 Å². The summed E-state index contributed by atoms with van der Waals surface area (Å²) in [5.74, 6) is 0.605. The molecule has 0 aromatic heterocycles. The second-order valence-electron chi connectivity index (χ2n) is 4.66. The van der Waals surface area contributed by atoms with Crippen LogP contribution in [-0.4, -0.2) is 37.0 Å². The molecule has 0 atom stereocenters. The molecule has 2 rings (SSSR count). The molecular formula is C15H19N3O3. The summed E-state index contributed by atoms with van der Waals surface area (Å²) in [6, 6.07) is 7.02. The molecule has 1 aromatic carbocycles. The van der Waals surface area contributed by atoms with Crippen molar-refractivity contribution >= 4 is 17.4 Å². The predicted octanol–water partition coefficient (Wildman–Crippen LogP) is 1.86. The zero-order chi connectivity index (χ0) is 15.2. The van der Waals surface area contributed by atoms with Gasteiger partial charge in [-0.05, 0) is 25.5 Å². The molecule has 3 N–H and O–H groups in total. The van der Waals surface area contributed by atoms with E-state index in [0.29, 0.717) is 23.8 Å². The molecule has 21 heavy (non-hydrogen) atoms. The molecule has 1 aromatic rings. The van der Waals surface area contributed by atoms with Crippen LogP contribution >= 0.6 is 0 Å². The van der Waals surface area contributed by atoms with E-state index >= 15 is 0 Å². The SMILES string of the molecule is COc1cccc(NC(=O)/C(C2=NCCCN2)=C(/C)O)c1. The Morgan fingerprint density at radius 1 is 1.48 bits per heavy atom. The van der Waals surface area contributed by atoms with Crippen LogP contribution in [0.5, 0.6) is 5.75 Å². The lowest BCUT2D eigenvalue weighted by Gasteiger charge is -2.17. The van der Waals surface area contributed by atoms with Crippen LogP contribution in [0.1, 0.15) is 13.3 Å². The average Bonchev–Trinajstić information content (AvgIpc) is 2.48. The average molecular weight is 289 g/mol. The second-order valence-corrected chi connectivity index (χ2v) is 4.66. The van der Waals surface area contributed by atoms with E-state index in [-0.39, 0.29) is 11.3 Å². The van der Waals surface area contributed by atoms with E-state index in [1.165, 1.54) is 6.92 Å². The van der Waals surface area contributed by atoms with Gasteiger partial charge in [-0.2, -0.15) is 0 Å². The Morgan fingerprint density at radius 2 is 2.29 bits per heavy atom. The molecule has 0 spiro atoms. The van der Waals surface area contributed by atoms with E-state index in [9.17, 15) is 9.90 Å². The third-order valence-electron chi connectivity index (χ3n) is 3.05. The number of rotatable bonds is 4. The van der Waals surface area contributed by atoms with Crippen molar-refractivity contribution in [2.75, 3.05) is 25.5 Å². The summed E-state index contributed by atoms with van der Waals surface area (Å²) in [6.07, 6.45) is 0.915. The number of anilines is 1. The number of aliphatic hydroxyl groups is 1. The van der Waals surface area contributed by atoms with Crippen LogP contribution in [0.3, 0.4) is 0 Å². The number of benzene rings is 1. The van der Waals surface area contributed by atoms with Gasteiger partial charge >= 0.3 is 0 Å². The molecule has 0 unspecified atom stereocenters. The minimum Gasteiger partial charge on any atom is -0.512 e. The first-order valence-electron chi connectivity index (χ1n) is 6.75. The first-order valence-corrected chi connectivity index (χ1v) is 6.75. The first kappa shape index (κ1) is 14.9. The van der Waals surface area contributed by atoms with E-state index < -0.39 is 5.91 Å². The number of hydrogen-bond acceptors (Lipinski definition) is 5. The quantitative estimate of drug-likeness (QED) is 0.583. The fourth-order valence-corrected chi connectivity index (χ4v) is 2.04. The Kier molecular flexibility index (Phi) is 4.81. The number of nitrogens with zero attached hydrogens (tertiary/aromatic N) is 1. The molecule has 1 amide bonds. The van der Waals surface area contributed by atoms with Gasteiger partial charge in [0.1, 0.15) is 22.9 Å². The van der Waals surface area contributed by atoms with Crippen LogP contribution in [-0.2, 0) is 4.79 Å². The molecule has 112 valence electrons. The smallest absolute Gasteiger partial charge is 0.262 e. The zero-order valence-electron chi connectivity index (χ0n) is 12.1. The molecule has 6 heteroatoms. The molecule has 1 heterocycles. The Balaban J connectivity index is 2.20. The standard InChI is InChI=1S/C15H19N3O3/c1-10(19)13(14-16-7-4-8-17-14)15(20)18-11-5-3-6-12(9-11)21-2/h3,5-6,9,19H,4,7-8H2,1-2H3,(H,16,17)(H,18,20)/b13-10-. The summed E-state index contributed by atoms with van der Waals surface area (Å²) >= 11 is 0. The predicted molar refractivity (Wildman–Crippen MR) is 81.9 cm³/mol. The number of carbonyl (C=O) groups excluding carboxylic acids is 1. The lowest BCUT2D eigenvalue weighted by molar-refractivity contribution is -0.112. The largest absolute Gasteiger partial charge is 0.512 e. The molecule has 1 aliphatic rings. The fourth-order valence-electron chi connectivity index (χ4n) is 2.04. The number of aliphatic imine (C=N–C) groups is 1. The van der Waals surface area contributed by atoms with E-state index in [2.05, 4.69) is 15.6 Å². The third-order valence-corrected chi connectivity index (χ3v) is 3.05. The highest BCUT2D eigenvalue weighted by atomic mass is 16.5. The second kappa shape index (κ2) is 6.78. The summed E-state index contributed by atoms with van der Waals surface area (Å²) < 4.78 is 5.11. The number of carbonyl (C=O) groups is 1. The van der Waals surface area contributed by atoms with Crippen LogP contribution in [0.25, 0.3) is 0 Å². The van der Waals surface area contributed by atoms with Gasteiger partial charge in [-0.3, -0.25) is 9.79 Å². The Hall–Kier alpha value is -2.50. The maximum Gasteiger partial charge on any atom is 0.262 e. The zero-order valence-corrected chi connectivity index (χ0v) is 12.1. The molecule has 0 fully saturated rings. The molecule has 0 saturated carbocycles. The highest BCUT2D eigenvalue weighted by Gasteiger charge is 2.21. The van der Waals surface area contributed by atoms with Crippen molar-refractivity contribution < 1.29 is 14.6 Å². The van der Waals surface area contributed by atoms with Crippen molar-refractivity contribution in [2.24, 2.45) is 4.99 Å². The van der Waals surface area contributed by atoms with Gasteiger partial charge in [0, 0.05) is 24.8 Å². The molecular weight excluding hydrogens is 270 g/mol. The normalized spacial score (nSPS) is 15.4. The van der Waals surface area contributed by atoms with E-state index in [0.717, 1.165) is 13.0 Å². The molecule has 0 radical (unpaired) electrons. The third kappa shape index (κ3) is 3.75. The minimum absolute atomic E-state index is 0.0662. The van der Waals surface area contributed by atoms with Gasteiger partial charge in [0.2, 0.25) is 0 Å². The van der Waals surface area contributed by atoms with Crippen LogP contribution in [0.4, 0.5) is 5.69 Å². The Labute approximate surface area is 123 Å². The van der Waals surface area contributed by atoms with Gasteiger partial charge in [0.15, 0.2) is 0 Å². The number of amidine groups is 1. The van der Waals surface area contributed by atoms with Crippen molar-refractivity contribution in [2.45, 2.75) is 13.3 Å². The molecule has 6 nitrogen and oxygen atoms in total. The number of amides is 1. The highest BCUT2D eigenvalue weighted by molar-refractivity contribution is 6.25. The number of hydrogen-bond donors (Lipinski definition) is 3. The molecule has 1 aliphatic heterocycles. The van der Waals surface area contributed by atoms with Gasteiger partial charge < -0.3 is 20.5 Å². The molecule has 0 aliphatic carbocycles. The lowest BCUT2D eigenvalue weighted by atomic mass is 10.1. The number of ether oxygens (including phenoxy) is 1. The molecule has 0 saturated heterocycles. The van der Waals surface area contributed by atoms with Gasteiger partial charge in [0.25, 0.3) is 5.91 Å². The Morgan fingerprint density at radius 3 is 2.90 bits per heavy atom. The summed E-state index contributed by atoms with van der Waals surface area (Å²) in [7, 11) is 1.56. The molecule has 0 bridgehead atoms. The fraction of sp³-hybridized carbons (Fsp3) is 0.333. The first-order chi connectivity index (χ1) is 10.1. The number of allylic oxidation sites excluding steroid dienone is 1. The van der Waals surface area contributed by atoms with Crippen LogP contribution in [0, 0.1) is 0 Å². The highest BCUT2D eigenvalue weighted by Crippen LogP contribution is 2.18. The van der Waals surface area contributed by atoms with E-state index in [1.54, 1.807) is 31.4 Å². The maximum atomic E-state index is 12.4. The minimum atomic E-state index is -0.406. The lowest BCUT2D eigenvalue weighted by Crippen LogP contribution is -2.36. The van der Waals surface area contributed by atoms with Crippen molar-refractivity contribution in [1.82, 2.24) is 5.32 Å².